The summed E-state index contributed by atoms with van der Waals surface area (Å²) in [5.74, 6) is 0.583. The van der Waals surface area contributed by atoms with Crippen molar-refractivity contribution in [3.8, 4) is 10.6 Å². The van der Waals surface area contributed by atoms with Crippen LogP contribution in [-0.2, 0) is 10.0 Å². The zero-order valence-corrected chi connectivity index (χ0v) is 16.9. The Hall–Kier alpha value is -2.04. The highest BCUT2D eigenvalue weighted by atomic mass is 32.2. The molecule has 10 heteroatoms. The largest absolute Gasteiger partial charge is 0.314 e. The van der Waals surface area contributed by atoms with Gasteiger partial charge in [0.25, 0.3) is 0 Å². The van der Waals surface area contributed by atoms with Gasteiger partial charge in [-0.1, -0.05) is 0 Å². The Labute approximate surface area is 156 Å². The maximum Gasteiger partial charge on any atom is 0.242 e. The number of sulfonamides is 1. The normalized spacial score (nSPS) is 13.5. The standard InChI is InChI=1S/C16H22N6O2S2/c1-9(2)22-8-17-20-16(22)11(4)21-26(23,24)15-7-14(25-12(15)5)13-6-10(3)18-19-13/h6-9,11,21H,1-5H3,(H,18,19). The fourth-order valence-electron chi connectivity index (χ4n) is 2.71. The quantitative estimate of drug-likeness (QED) is 0.669. The van der Waals surface area contributed by atoms with Crippen LogP contribution in [0.4, 0.5) is 0 Å². The second-order valence-corrected chi connectivity index (χ2v) is 9.44. The molecule has 2 N–H and O–H groups in total. The highest BCUT2D eigenvalue weighted by molar-refractivity contribution is 7.89. The highest BCUT2D eigenvalue weighted by Gasteiger charge is 2.26. The number of rotatable bonds is 6. The molecule has 0 aromatic carbocycles. The molecule has 0 aliphatic heterocycles. The van der Waals surface area contributed by atoms with Gasteiger partial charge in [-0.05, 0) is 46.8 Å². The first kappa shape index (κ1) is 18.7. The van der Waals surface area contributed by atoms with Crippen molar-refractivity contribution in [3.05, 3.63) is 34.9 Å². The molecule has 0 fully saturated rings. The van der Waals surface area contributed by atoms with Gasteiger partial charge in [0, 0.05) is 16.6 Å². The lowest BCUT2D eigenvalue weighted by atomic mass is 10.3. The fourth-order valence-corrected chi connectivity index (χ4v) is 5.46. The number of H-pyrrole nitrogens is 1. The van der Waals surface area contributed by atoms with E-state index in [1.807, 2.05) is 31.4 Å². The van der Waals surface area contributed by atoms with Gasteiger partial charge in [0.15, 0.2) is 5.82 Å². The average Bonchev–Trinajstić information content (AvgIpc) is 3.25. The Balaban J connectivity index is 1.89. The van der Waals surface area contributed by atoms with Gasteiger partial charge in [-0.2, -0.15) is 5.10 Å². The van der Waals surface area contributed by atoms with Crippen LogP contribution in [0.5, 0.6) is 0 Å². The molecule has 0 aliphatic rings. The van der Waals surface area contributed by atoms with Crippen LogP contribution in [0, 0.1) is 13.8 Å². The van der Waals surface area contributed by atoms with E-state index in [4.69, 9.17) is 0 Å². The molecular formula is C16H22N6O2S2. The molecule has 0 bridgehead atoms. The van der Waals surface area contributed by atoms with Gasteiger partial charge in [-0.25, -0.2) is 13.1 Å². The minimum absolute atomic E-state index is 0.143. The van der Waals surface area contributed by atoms with Crippen LogP contribution >= 0.6 is 11.3 Å². The summed E-state index contributed by atoms with van der Waals surface area (Å²) in [6, 6.07) is 3.20. The van der Waals surface area contributed by atoms with Crippen LogP contribution in [0.25, 0.3) is 10.6 Å². The molecule has 3 aromatic rings. The first-order valence-electron chi connectivity index (χ1n) is 8.23. The lowest BCUT2D eigenvalue weighted by Gasteiger charge is -2.16. The Kier molecular flexibility index (Phi) is 5.00. The van der Waals surface area contributed by atoms with E-state index in [1.54, 1.807) is 26.2 Å². The summed E-state index contributed by atoms with van der Waals surface area (Å²) in [5, 5.41) is 15.0. The predicted octanol–water partition coefficient (Wildman–Crippen LogP) is 2.97. The van der Waals surface area contributed by atoms with Gasteiger partial charge < -0.3 is 4.57 Å². The van der Waals surface area contributed by atoms with Crippen molar-refractivity contribution in [1.29, 1.82) is 0 Å². The molecule has 0 aliphatic carbocycles. The minimum atomic E-state index is -3.70. The number of hydrogen-bond donors (Lipinski definition) is 2. The van der Waals surface area contributed by atoms with Gasteiger partial charge in [-0.3, -0.25) is 5.10 Å². The zero-order chi connectivity index (χ0) is 19.1. The van der Waals surface area contributed by atoms with E-state index in [1.165, 1.54) is 11.3 Å². The Bertz CT molecular complexity index is 1020. The molecular weight excluding hydrogens is 372 g/mol. The van der Waals surface area contributed by atoms with Gasteiger partial charge in [0.2, 0.25) is 10.0 Å². The van der Waals surface area contributed by atoms with Crippen molar-refractivity contribution in [1.82, 2.24) is 29.7 Å². The van der Waals surface area contributed by atoms with Gasteiger partial charge >= 0.3 is 0 Å². The van der Waals surface area contributed by atoms with E-state index in [0.29, 0.717) is 10.7 Å². The molecule has 0 radical (unpaired) electrons. The fraction of sp³-hybridized carbons (Fsp3) is 0.438. The van der Waals surface area contributed by atoms with Gasteiger partial charge in [0.1, 0.15) is 12.0 Å². The van der Waals surface area contributed by atoms with E-state index >= 15 is 0 Å². The molecule has 8 nitrogen and oxygen atoms in total. The third kappa shape index (κ3) is 3.57. The third-order valence-electron chi connectivity index (χ3n) is 4.00. The Morgan fingerprint density at radius 1 is 1.23 bits per heavy atom. The average molecular weight is 395 g/mol. The summed E-state index contributed by atoms with van der Waals surface area (Å²) in [5.41, 5.74) is 1.67. The molecule has 1 atom stereocenters. The molecule has 0 saturated carbocycles. The van der Waals surface area contributed by atoms with Crippen molar-refractivity contribution in [3.63, 3.8) is 0 Å². The van der Waals surface area contributed by atoms with E-state index < -0.39 is 16.1 Å². The molecule has 3 heterocycles. The third-order valence-corrected chi connectivity index (χ3v) is 6.87. The topological polar surface area (TPSA) is 106 Å². The van der Waals surface area contributed by atoms with E-state index in [-0.39, 0.29) is 10.9 Å². The first-order valence-corrected chi connectivity index (χ1v) is 10.5. The molecule has 0 spiro atoms. The monoisotopic (exact) mass is 394 g/mol. The van der Waals surface area contributed by atoms with E-state index in [0.717, 1.165) is 16.3 Å². The van der Waals surface area contributed by atoms with Crippen molar-refractivity contribution in [2.45, 2.75) is 51.6 Å². The second kappa shape index (κ2) is 6.93. The van der Waals surface area contributed by atoms with Crippen molar-refractivity contribution < 1.29 is 8.42 Å². The molecule has 3 aromatic heterocycles. The smallest absolute Gasteiger partial charge is 0.242 e. The summed E-state index contributed by atoms with van der Waals surface area (Å²) in [6.45, 7) is 9.46. The summed E-state index contributed by atoms with van der Waals surface area (Å²) < 4.78 is 30.4. The highest BCUT2D eigenvalue weighted by Crippen LogP contribution is 2.33. The Morgan fingerprint density at radius 3 is 2.58 bits per heavy atom. The van der Waals surface area contributed by atoms with Crippen molar-refractivity contribution in [2.24, 2.45) is 0 Å². The number of nitrogens with zero attached hydrogens (tertiary/aromatic N) is 4. The van der Waals surface area contributed by atoms with E-state index in [9.17, 15) is 8.42 Å². The maximum absolute atomic E-state index is 12.9. The molecule has 26 heavy (non-hydrogen) atoms. The number of hydrogen-bond acceptors (Lipinski definition) is 6. The van der Waals surface area contributed by atoms with Crippen LogP contribution in [0.3, 0.4) is 0 Å². The van der Waals surface area contributed by atoms with Crippen LogP contribution in [-0.4, -0.2) is 33.4 Å². The molecule has 0 amide bonds. The SMILES string of the molecule is Cc1cc(-c2cc(S(=O)(=O)NC(C)c3nncn3C(C)C)c(C)s2)n[nH]1. The predicted molar refractivity (Wildman–Crippen MR) is 101 cm³/mol. The van der Waals surface area contributed by atoms with Crippen LogP contribution < -0.4 is 4.72 Å². The first-order chi connectivity index (χ1) is 12.2. The van der Waals surface area contributed by atoms with E-state index in [2.05, 4.69) is 25.1 Å². The summed E-state index contributed by atoms with van der Waals surface area (Å²) in [6.07, 6.45) is 1.61. The van der Waals surface area contributed by atoms with Crippen molar-refractivity contribution in [2.75, 3.05) is 0 Å². The summed E-state index contributed by atoms with van der Waals surface area (Å²) in [7, 11) is -3.70. The van der Waals surface area contributed by atoms with Crippen molar-refractivity contribution >= 4 is 21.4 Å². The van der Waals surface area contributed by atoms with Crippen LogP contribution in [0.15, 0.2) is 23.4 Å². The lowest BCUT2D eigenvalue weighted by Crippen LogP contribution is -2.29. The summed E-state index contributed by atoms with van der Waals surface area (Å²) >= 11 is 1.41. The molecule has 3 rings (SSSR count). The zero-order valence-electron chi connectivity index (χ0n) is 15.3. The number of nitrogens with one attached hydrogen (secondary N) is 2. The molecule has 140 valence electrons. The number of aromatic amines is 1. The Morgan fingerprint density at radius 2 is 1.96 bits per heavy atom. The number of aromatic nitrogens is 5. The van der Waals surface area contributed by atoms with Crippen LogP contribution in [0.1, 0.15) is 49.3 Å². The number of aryl methyl sites for hydroxylation is 2. The van der Waals surface area contributed by atoms with Crippen LogP contribution in [0.2, 0.25) is 0 Å². The lowest BCUT2D eigenvalue weighted by molar-refractivity contribution is 0.514. The van der Waals surface area contributed by atoms with Gasteiger partial charge in [-0.15, -0.1) is 21.5 Å². The summed E-state index contributed by atoms with van der Waals surface area (Å²) in [4.78, 5) is 1.79. The molecule has 1 unspecified atom stereocenters. The van der Waals surface area contributed by atoms with Gasteiger partial charge in [0.05, 0.1) is 15.8 Å². The second-order valence-electron chi connectivity index (χ2n) is 6.50. The maximum atomic E-state index is 12.9. The minimum Gasteiger partial charge on any atom is -0.314 e. The molecule has 0 saturated heterocycles. The number of thiophene rings is 1.